The standard InChI is InChI=1S/C28H32N4/c1-4-22(25-13-10-16-32(21-25)27-14-7-6-8-15-27)18-29-28(5-2)24-12-9-11-23(17-24)26-19-30-31(3)20-26/h4-5,9-13,17-21,27H,1-2,6-8,14-16H2,3H3/b22-18+,29-28?. The van der Waals surface area contributed by atoms with Gasteiger partial charge in [-0.2, -0.15) is 5.10 Å². The second-order valence-corrected chi connectivity index (χ2v) is 8.47. The lowest BCUT2D eigenvalue weighted by molar-refractivity contribution is 0.232. The van der Waals surface area contributed by atoms with Crippen molar-refractivity contribution in [3.63, 3.8) is 0 Å². The first kappa shape index (κ1) is 21.8. The van der Waals surface area contributed by atoms with Gasteiger partial charge in [0.05, 0.1) is 11.9 Å². The highest BCUT2D eigenvalue weighted by Gasteiger charge is 2.20. The van der Waals surface area contributed by atoms with Crippen LogP contribution in [-0.2, 0) is 7.05 Å². The molecule has 2 aliphatic rings. The maximum atomic E-state index is 4.79. The Morgan fingerprint density at radius 1 is 1.12 bits per heavy atom. The molecule has 0 amide bonds. The third-order valence-corrected chi connectivity index (χ3v) is 6.25. The van der Waals surface area contributed by atoms with Crippen LogP contribution in [0.15, 0.2) is 103 Å². The Balaban J connectivity index is 1.58. The van der Waals surface area contributed by atoms with Gasteiger partial charge in [0.2, 0.25) is 0 Å². The van der Waals surface area contributed by atoms with Crippen LogP contribution in [-0.4, -0.2) is 33.0 Å². The zero-order valence-corrected chi connectivity index (χ0v) is 19.0. The van der Waals surface area contributed by atoms with Crippen LogP contribution < -0.4 is 0 Å². The van der Waals surface area contributed by atoms with Gasteiger partial charge in [-0.05, 0) is 36.1 Å². The van der Waals surface area contributed by atoms with Crippen LogP contribution in [0, 0.1) is 0 Å². The molecular weight excluding hydrogens is 392 g/mol. The molecule has 1 saturated carbocycles. The number of benzene rings is 1. The van der Waals surface area contributed by atoms with E-state index >= 15 is 0 Å². The Morgan fingerprint density at radius 2 is 1.97 bits per heavy atom. The molecule has 1 aliphatic heterocycles. The SMILES string of the molecule is C=CC(=N/C=C(\C=C)C1=CN(C2CCCCC2)CC=C1)c1cccc(-c2cnn(C)c2)c1. The van der Waals surface area contributed by atoms with Crippen LogP contribution in [0.25, 0.3) is 11.1 Å². The minimum atomic E-state index is 0.650. The van der Waals surface area contributed by atoms with E-state index in [9.17, 15) is 0 Å². The van der Waals surface area contributed by atoms with Crippen molar-refractivity contribution in [1.82, 2.24) is 14.7 Å². The maximum absolute atomic E-state index is 4.79. The summed E-state index contributed by atoms with van der Waals surface area (Å²) in [5.74, 6) is 0. The number of hydrogen-bond donors (Lipinski definition) is 0. The summed E-state index contributed by atoms with van der Waals surface area (Å²) in [6.45, 7) is 9.02. The molecule has 32 heavy (non-hydrogen) atoms. The number of aromatic nitrogens is 2. The second-order valence-electron chi connectivity index (χ2n) is 8.47. The molecule has 4 rings (SSSR count). The highest BCUT2D eigenvalue weighted by Crippen LogP contribution is 2.27. The van der Waals surface area contributed by atoms with Gasteiger partial charge < -0.3 is 4.90 Å². The van der Waals surface area contributed by atoms with Crippen LogP contribution >= 0.6 is 0 Å². The van der Waals surface area contributed by atoms with Gasteiger partial charge in [-0.25, -0.2) is 0 Å². The zero-order valence-electron chi connectivity index (χ0n) is 19.0. The minimum Gasteiger partial charge on any atom is -0.370 e. The largest absolute Gasteiger partial charge is 0.370 e. The highest BCUT2D eigenvalue weighted by atomic mass is 15.2. The number of rotatable bonds is 7. The monoisotopic (exact) mass is 424 g/mol. The molecule has 0 saturated heterocycles. The molecule has 0 radical (unpaired) electrons. The van der Waals surface area contributed by atoms with Crippen molar-refractivity contribution < 1.29 is 0 Å². The fraction of sp³-hybridized carbons (Fsp3) is 0.286. The predicted molar refractivity (Wildman–Crippen MR) is 134 cm³/mol. The first-order chi connectivity index (χ1) is 15.7. The van der Waals surface area contributed by atoms with Crippen molar-refractivity contribution in [3.8, 4) is 11.1 Å². The zero-order chi connectivity index (χ0) is 22.3. The Bertz CT molecular complexity index is 1090. The average Bonchev–Trinajstić information content (AvgIpc) is 3.29. The molecule has 0 unspecified atom stereocenters. The summed E-state index contributed by atoms with van der Waals surface area (Å²) in [6, 6.07) is 8.97. The van der Waals surface area contributed by atoms with E-state index in [-0.39, 0.29) is 0 Å². The van der Waals surface area contributed by atoms with Gasteiger partial charge in [-0.15, -0.1) is 0 Å². The van der Waals surface area contributed by atoms with Gasteiger partial charge >= 0.3 is 0 Å². The molecule has 2 aromatic rings. The molecule has 1 aromatic heterocycles. The molecule has 164 valence electrons. The van der Waals surface area contributed by atoms with Gasteiger partial charge in [-0.3, -0.25) is 9.67 Å². The van der Waals surface area contributed by atoms with E-state index in [1.165, 1.54) is 32.1 Å². The summed E-state index contributed by atoms with van der Waals surface area (Å²) in [5, 5.41) is 4.28. The normalized spacial score (nSPS) is 17.9. The summed E-state index contributed by atoms with van der Waals surface area (Å²) >= 11 is 0. The number of hydrogen-bond acceptors (Lipinski definition) is 3. The number of aliphatic imine (C=N–C) groups is 1. The Labute approximate surface area is 191 Å². The first-order valence-electron chi connectivity index (χ1n) is 11.4. The van der Waals surface area contributed by atoms with E-state index in [1.807, 2.05) is 42.5 Å². The topological polar surface area (TPSA) is 33.4 Å². The van der Waals surface area contributed by atoms with Crippen molar-refractivity contribution in [1.29, 1.82) is 0 Å². The summed E-state index contributed by atoms with van der Waals surface area (Å²) in [6.07, 6.45) is 22.8. The third-order valence-electron chi connectivity index (χ3n) is 6.25. The Kier molecular flexibility index (Phi) is 7.00. The van der Waals surface area contributed by atoms with E-state index in [4.69, 9.17) is 4.99 Å². The smallest absolute Gasteiger partial charge is 0.0696 e. The lowest BCUT2D eigenvalue weighted by Gasteiger charge is -2.35. The van der Waals surface area contributed by atoms with Crippen molar-refractivity contribution in [3.05, 3.63) is 103 Å². The van der Waals surface area contributed by atoms with Crippen LogP contribution in [0.1, 0.15) is 37.7 Å². The molecule has 0 bridgehead atoms. The van der Waals surface area contributed by atoms with E-state index in [0.29, 0.717) is 6.04 Å². The van der Waals surface area contributed by atoms with Crippen molar-refractivity contribution in [2.24, 2.45) is 12.0 Å². The molecule has 0 atom stereocenters. The molecule has 0 N–H and O–H groups in total. The molecule has 0 spiro atoms. The summed E-state index contributed by atoms with van der Waals surface area (Å²) in [4.78, 5) is 7.28. The number of nitrogens with zero attached hydrogens (tertiary/aromatic N) is 4. The van der Waals surface area contributed by atoms with Crippen molar-refractivity contribution in [2.45, 2.75) is 38.1 Å². The summed E-state index contributed by atoms with van der Waals surface area (Å²) < 4.78 is 1.81. The molecule has 4 nitrogen and oxygen atoms in total. The van der Waals surface area contributed by atoms with Crippen LogP contribution in [0.2, 0.25) is 0 Å². The maximum Gasteiger partial charge on any atom is 0.0696 e. The molecule has 2 heterocycles. The van der Waals surface area contributed by atoms with Crippen LogP contribution in [0.3, 0.4) is 0 Å². The van der Waals surface area contributed by atoms with Gasteiger partial charge in [0.1, 0.15) is 0 Å². The highest BCUT2D eigenvalue weighted by molar-refractivity contribution is 6.09. The Morgan fingerprint density at radius 3 is 2.69 bits per heavy atom. The van der Waals surface area contributed by atoms with E-state index < -0.39 is 0 Å². The second kappa shape index (κ2) is 10.3. The van der Waals surface area contributed by atoms with Gasteiger partial charge in [0.25, 0.3) is 0 Å². The van der Waals surface area contributed by atoms with E-state index in [0.717, 1.165) is 40.1 Å². The van der Waals surface area contributed by atoms with Gasteiger partial charge in [0.15, 0.2) is 0 Å². The lowest BCUT2D eigenvalue weighted by Crippen LogP contribution is -2.34. The van der Waals surface area contributed by atoms with E-state index in [2.05, 4.69) is 59.7 Å². The van der Waals surface area contributed by atoms with Gasteiger partial charge in [0, 0.05) is 54.9 Å². The van der Waals surface area contributed by atoms with Crippen LogP contribution in [0.5, 0.6) is 0 Å². The van der Waals surface area contributed by atoms with Crippen molar-refractivity contribution >= 4 is 5.71 Å². The average molecular weight is 425 g/mol. The fourth-order valence-electron chi connectivity index (χ4n) is 4.47. The molecule has 4 heteroatoms. The quantitative estimate of drug-likeness (QED) is 0.390. The first-order valence-corrected chi connectivity index (χ1v) is 11.4. The van der Waals surface area contributed by atoms with Gasteiger partial charge in [-0.1, -0.05) is 68.8 Å². The summed E-state index contributed by atoms with van der Waals surface area (Å²) in [5.41, 5.74) is 6.23. The number of aryl methyl sites for hydroxylation is 1. The van der Waals surface area contributed by atoms with E-state index in [1.54, 1.807) is 6.08 Å². The number of allylic oxidation sites excluding steroid dienone is 5. The fourth-order valence-corrected chi connectivity index (χ4v) is 4.47. The minimum absolute atomic E-state index is 0.650. The molecule has 1 aromatic carbocycles. The van der Waals surface area contributed by atoms with Crippen LogP contribution in [0.4, 0.5) is 0 Å². The third kappa shape index (κ3) is 5.08. The molecule has 1 aliphatic carbocycles. The molecular formula is C28H32N4. The lowest BCUT2D eigenvalue weighted by atomic mass is 9.93. The predicted octanol–water partition coefficient (Wildman–Crippen LogP) is 6.22. The summed E-state index contributed by atoms with van der Waals surface area (Å²) in [7, 11) is 1.93. The van der Waals surface area contributed by atoms with Crippen molar-refractivity contribution in [2.75, 3.05) is 6.54 Å². The Hall–Kier alpha value is -3.40. The molecule has 1 fully saturated rings.